The normalized spacial score (nSPS) is 10.5. The minimum atomic E-state index is 0.819. The van der Waals surface area contributed by atoms with Gasteiger partial charge in [-0.3, -0.25) is 0 Å². The second-order valence-corrected chi connectivity index (χ2v) is 5.86. The lowest BCUT2D eigenvalue weighted by molar-refractivity contribution is 0.917. The van der Waals surface area contributed by atoms with Crippen LogP contribution in [0.4, 0.5) is 11.4 Å². The van der Waals surface area contributed by atoms with Crippen LogP contribution in [0.1, 0.15) is 16.7 Å². The number of aryl methyl sites for hydroxylation is 2. The van der Waals surface area contributed by atoms with Gasteiger partial charge < -0.3 is 10.6 Å². The van der Waals surface area contributed by atoms with Crippen LogP contribution >= 0.6 is 15.9 Å². The third kappa shape index (κ3) is 3.29. The summed E-state index contributed by atoms with van der Waals surface area (Å²) in [5.41, 5.74) is 11.6. The molecule has 0 bridgehead atoms. The fourth-order valence-electron chi connectivity index (χ4n) is 2.14. The Balaban J connectivity index is 2.25. The molecule has 0 heterocycles. The van der Waals surface area contributed by atoms with Crippen LogP contribution in [0, 0.1) is 13.8 Å². The lowest BCUT2D eigenvalue weighted by atomic mass is 10.1. The average molecular weight is 319 g/mol. The largest absolute Gasteiger partial charge is 0.398 e. The van der Waals surface area contributed by atoms with E-state index in [9.17, 15) is 0 Å². The van der Waals surface area contributed by atoms with Gasteiger partial charge in [0.05, 0.1) is 5.69 Å². The molecule has 0 atom stereocenters. The Kier molecular flexibility index (Phi) is 4.15. The van der Waals surface area contributed by atoms with Crippen molar-refractivity contribution in [2.75, 3.05) is 17.7 Å². The van der Waals surface area contributed by atoms with E-state index in [0.717, 1.165) is 28.0 Å². The summed E-state index contributed by atoms with van der Waals surface area (Å²) in [5.74, 6) is 0. The Bertz CT molecular complexity index is 593. The van der Waals surface area contributed by atoms with Crippen LogP contribution in [0.15, 0.2) is 40.9 Å². The predicted molar refractivity (Wildman–Crippen MR) is 86.6 cm³/mol. The molecule has 0 aliphatic carbocycles. The van der Waals surface area contributed by atoms with Gasteiger partial charge in [0.25, 0.3) is 0 Å². The summed E-state index contributed by atoms with van der Waals surface area (Å²) < 4.78 is 1.03. The van der Waals surface area contributed by atoms with Crippen molar-refractivity contribution < 1.29 is 0 Å². The van der Waals surface area contributed by atoms with Gasteiger partial charge in [0.2, 0.25) is 0 Å². The molecule has 0 aromatic heterocycles. The molecule has 0 saturated heterocycles. The molecule has 2 N–H and O–H groups in total. The van der Waals surface area contributed by atoms with Gasteiger partial charge in [-0.05, 0) is 53.0 Å². The van der Waals surface area contributed by atoms with E-state index in [1.54, 1.807) is 0 Å². The number of nitrogens with zero attached hydrogens (tertiary/aromatic N) is 1. The Labute approximate surface area is 123 Å². The average Bonchev–Trinajstić information content (AvgIpc) is 2.33. The van der Waals surface area contributed by atoms with E-state index in [2.05, 4.69) is 65.1 Å². The molecule has 0 fully saturated rings. The van der Waals surface area contributed by atoms with Crippen LogP contribution in [-0.2, 0) is 6.54 Å². The van der Waals surface area contributed by atoms with Gasteiger partial charge in [-0.1, -0.05) is 29.8 Å². The molecule has 0 aliphatic rings. The monoisotopic (exact) mass is 318 g/mol. The number of rotatable bonds is 3. The molecule has 0 amide bonds. The van der Waals surface area contributed by atoms with Crippen LogP contribution in [-0.4, -0.2) is 7.05 Å². The van der Waals surface area contributed by atoms with E-state index in [0.29, 0.717) is 0 Å². The molecule has 0 saturated carbocycles. The van der Waals surface area contributed by atoms with E-state index < -0.39 is 0 Å². The van der Waals surface area contributed by atoms with E-state index >= 15 is 0 Å². The smallest absolute Gasteiger partial charge is 0.0515 e. The van der Waals surface area contributed by atoms with Crippen LogP contribution in [0.25, 0.3) is 0 Å². The van der Waals surface area contributed by atoms with E-state index in [4.69, 9.17) is 5.73 Å². The lowest BCUT2D eigenvalue weighted by Gasteiger charge is -2.22. The topological polar surface area (TPSA) is 29.3 Å². The molecule has 0 radical (unpaired) electrons. The number of hydrogen-bond donors (Lipinski definition) is 1. The van der Waals surface area contributed by atoms with Gasteiger partial charge in [0.1, 0.15) is 0 Å². The number of anilines is 2. The van der Waals surface area contributed by atoms with Gasteiger partial charge in [0.15, 0.2) is 0 Å². The van der Waals surface area contributed by atoms with Crippen molar-refractivity contribution in [2.45, 2.75) is 20.4 Å². The molecule has 0 aliphatic heterocycles. The number of halogens is 1. The van der Waals surface area contributed by atoms with Crippen LogP contribution < -0.4 is 10.6 Å². The van der Waals surface area contributed by atoms with Crippen LogP contribution in [0.2, 0.25) is 0 Å². The fraction of sp³-hybridized carbons (Fsp3) is 0.250. The van der Waals surface area contributed by atoms with Crippen molar-refractivity contribution in [3.63, 3.8) is 0 Å². The van der Waals surface area contributed by atoms with Crippen LogP contribution in [0.5, 0.6) is 0 Å². The van der Waals surface area contributed by atoms with Crippen molar-refractivity contribution in [1.82, 2.24) is 0 Å². The first kappa shape index (κ1) is 13.9. The Morgan fingerprint density at radius 1 is 1.16 bits per heavy atom. The minimum absolute atomic E-state index is 0.819. The van der Waals surface area contributed by atoms with Gasteiger partial charge in [-0.2, -0.15) is 0 Å². The lowest BCUT2D eigenvalue weighted by Crippen LogP contribution is -2.17. The summed E-state index contributed by atoms with van der Waals surface area (Å²) in [6.45, 7) is 5.03. The maximum atomic E-state index is 5.91. The molecule has 3 heteroatoms. The Morgan fingerprint density at radius 3 is 2.58 bits per heavy atom. The highest BCUT2D eigenvalue weighted by Crippen LogP contribution is 2.31. The highest BCUT2D eigenvalue weighted by molar-refractivity contribution is 9.10. The highest BCUT2D eigenvalue weighted by Gasteiger charge is 2.09. The molecule has 2 aromatic carbocycles. The SMILES string of the molecule is Cc1cccc(CN(C)c2cc(C)c(N)cc2Br)c1. The van der Waals surface area contributed by atoms with Crippen molar-refractivity contribution in [3.05, 3.63) is 57.6 Å². The summed E-state index contributed by atoms with van der Waals surface area (Å²) in [4.78, 5) is 2.23. The van der Waals surface area contributed by atoms with Gasteiger partial charge in [0, 0.05) is 23.8 Å². The van der Waals surface area contributed by atoms with E-state index in [1.807, 2.05) is 13.0 Å². The number of benzene rings is 2. The summed E-state index contributed by atoms with van der Waals surface area (Å²) in [5, 5.41) is 0. The molecule has 2 rings (SSSR count). The third-order valence-electron chi connectivity index (χ3n) is 3.25. The summed E-state index contributed by atoms with van der Waals surface area (Å²) in [6, 6.07) is 12.7. The fourth-order valence-corrected chi connectivity index (χ4v) is 2.81. The minimum Gasteiger partial charge on any atom is -0.398 e. The van der Waals surface area contributed by atoms with Crippen molar-refractivity contribution >= 4 is 27.3 Å². The van der Waals surface area contributed by atoms with Crippen molar-refractivity contribution in [1.29, 1.82) is 0 Å². The third-order valence-corrected chi connectivity index (χ3v) is 3.88. The zero-order valence-electron chi connectivity index (χ0n) is 11.6. The second kappa shape index (κ2) is 5.66. The first-order valence-corrected chi connectivity index (χ1v) is 7.09. The number of hydrogen-bond acceptors (Lipinski definition) is 2. The second-order valence-electron chi connectivity index (χ2n) is 5.01. The van der Waals surface area contributed by atoms with Gasteiger partial charge in [-0.15, -0.1) is 0 Å². The zero-order chi connectivity index (χ0) is 14.0. The van der Waals surface area contributed by atoms with Gasteiger partial charge >= 0.3 is 0 Å². The first-order chi connectivity index (χ1) is 8.97. The Hall–Kier alpha value is -1.48. The molecule has 0 spiro atoms. The van der Waals surface area contributed by atoms with E-state index in [-0.39, 0.29) is 0 Å². The van der Waals surface area contributed by atoms with E-state index in [1.165, 1.54) is 11.1 Å². The molecular formula is C16H19BrN2. The maximum absolute atomic E-state index is 5.91. The molecule has 100 valence electrons. The summed E-state index contributed by atoms with van der Waals surface area (Å²) in [7, 11) is 2.10. The molecule has 2 aromatic rings. The molecule has 19 heavy (non-hydrogen) atoms. The standard InChI is InChI=1S/C16H19BrN2/c1-11-5-4-6-13(7-11)10-19(3)16-8-12(2)15(18)9-14(16)17/h4-9H,10,18H2,1-3H3. The number of nitrogen functional groups attached to an aromatic ring is 1. The highest BCUT2D eigenvalue weighted by atomic mass is 79.9. The molecule has 2 nitrogen and oxygen atoms in total. The van der Waals surface area contributed by atoms with Crippen LogP contribution in [0.3, 0.4) is 0 Å². The zero-order valence-corrected chi connectivity index (χ0v) is 13.2. The number of nitrogens with two attached hydrogens (primary N) is 1. The molecular weight excluding hydrogens is 300 g/mol. The first-order valence-electron chi connectivity index (χ1n) is 6.29. The molecule has 0 unspecified atom stereocenters. The summed E-state index contributed by atoms with van der Waals surface area (Å²) in [6.07, 6.45) is 0. The maximum Gasteiger partial charge on any atom is 0.0515 e. The summed E-state index contributed by atoms with van der Waals surface area (Å²) >= 11 is 3.59. The van der Waals surface area contributed by atoms with Gasteiger partial charge in [-0.25, -0.2) is 0 Å². The predicted octanol–water partition coefficient (Wildman–Crippen LogP) is 4.28. The van der Waals surface area contributed by atoms with Crippen molar-refractivity contribution in [3.8, 4) is 0 Å². The quantitative estimate of drug-likeness (QED) is 0.856. The van der Waals surface area contributed by atoms with Crippen molar-refractivity contribution in [2.24, 2.45) is 0 Å². The Morgan fingerprint density at radius 2 is 1.89 bits per heavy atom.